The van der Waals surface area contributed by atoms with E-state index in [2.05, 4.69) is 22.2 Å². The molecule has 0 saturated heterocycles. The molecule has 1 aromatic carbocycles. The first-order valence-corrected chi connectivity index (χ1v) is 9.73. The van der Waals surface area contributed by atoms with Gasteiger partial charge in [0.05, 0.1) is 11.4 Å². The first-order valence-electron chi connectivity index (χ1n) is 9.73. The first kappa shape index (κ1) is 21.9. The van der Waals surface area contributed by atoms with Crippen molar-refractivity contribution in [1.29, 1.82) is 0 Å². The van der Waals surface area contributed by atoms with E-state index in [9.17, 15) is 9.59 Å². The summed E-state index contributed by atoms with van der Waals surface area (Å²) in [6.07, 6.45) is 10.0. The zero-order chi connectivity index (χ0) is 21.1. The molecule has 1 heterocycles. The van der Waals surface area contributed by atoms with Crippen LogP contribution in [0.4, 0.5) is 11.4 Å². The number of benzene rings is 1. The molecular weight excluding hydrogens is 364 g/mol. The summed E-state index contributed by atoms with van der Waals surface area (Å²) >= 11 is 0. The Hall–Kier alpha value is -3.41. The van der Waals surface area contributed by atoms with Gasteiger partial charge in [0.25, 0.3) is 5.91 Å². The van der Waals surface area contributed by atoms with Gasteiger partial charge in [-0.05, 0) is 49.1 Å². The van der Waals surface area contributed by atoms with Crippen molar-refractivity contribution in [1.82, 2.24) is 10.3 Å². The van der Waals surface area contributed by atoms with Crippen LogP contribution < -0.4 is 16.4 Å². The van der Waals surface area contributed by atoms with Gasteiger partial charge in [-0.3, -0.25) is 14.6 Å². The van der Waals surface area contributed by atoms with Crippen LogP contribution in [0.15, 0.2) is 49.2 Å². The minimum absolute atomic E-state index is 0.0608. The van der Waals surface area contributed by atoms with Gasteiger partial charge in [-0.15, -0.1) is 0 Å². The van der Waals surface area contributed by atoms with Crippen molar-refractivity contribution < 1.29 is 9.59 Å². The topological polar surface area (TPSA) is 97.1 Å². The number of nitrogens with two attached hydrogens (primary N) is 1. The second kappa shape index (κ2) is 11.4. The van der Waals surface area contributed by atoms with Crippen molar-refractivity contribution in [3.05, 3.63) is 66.0 Å². The predicted molar refractivity (Wildman–Crippen MR) is 119 cm³/mol. The lowest BCUT2D eigenvalue weighted by Gasteiger charge is -2.08. The Labute approximate surface area is 171 Å². The Morgan fingerprint density at radius 2 is 1.97 bits per heavy atom. The van der Waals surface area contributed by atoms with Crippen LogP contribution in [0.1, 0.15) is 54.2 Å². The van der Waals surface area contributed by atoms with Crippen molar-refractivity contribution in [3.8, 4) is 0 Å². The minimum atomic E-state index is -0.211. The smallest absolute Gasteiger partial charge is 0.269 e. The molecule has 0 fully saturated rings. The van der Waals surface area contributed by atoms with Crippen LogP contribution in [0.5, 0.6) is 0 Å². The maximum Gasteiger partial charge on any atom is 0.269 e. The molecule has 1 aromatic heterocycles. The van der Waals surface area contributed by atoms with Gasteiger partial charge in [0.2, 0.25) is 5.91 Å². The number of anilines is 2. The zero-order valence-electron chi connectivity index (χ0n) is 16.8. The van der Waals surface area contributed by atoms with Crippen molar-refractivity contribution in [2.24, 2.45) is 0 Å². The number of nitrogens with one attached hydrogen (secondary N) is 2. The van der Waals surface area contributed by atoms with Crippen LogP contribution in [-0.2, 0) is 4.79 Å². The third-order valence-electron chi connectivity index (χ3n) is 4.37. The normalized spacial score (nSPS) is 10.7. The largest absolute Gasteiger partial charge is 0.397 e. The summed E-state index contributed by atoms with van der Waals surface area (Å²) in [5.74, 6) is -0.272. The third kappa shape index (κ3) is 6.92. The Kier molecular flexibility index (Phi) is 8.63. The second-order valence-electron chi connectivity index (χ2n) is 6.60. The van der Waals surface area contributed by atoms with Gasteiger partial charge in [-0.2, -0.15) is 0 Å². The highest BCUT2D eigenvalue weighted by atomic mass is 16.2. The minimum Gasteiger partial charge on any atom is -0.397 e. The standard InChI is InChI=1S/C23H28N4O2/c1-3-10-18-16-26-21(15-17(18)4-2)23(29)25-14-9-5-6-13-22(28)27-20-12-8-7-11-19(20)24/h3-4,7-8,10-12,15-16H,2,5-6,9,13-14,24H2,1H3,(H,25,29)(H,27,28)/b10-3-. The van der Waals surface area contributed by atoms with E-state index < -0.39 is 0 Å². The molecule has 0 atom stereocenters. The summed E-state index contributed by atoms with van der Waals surface area (Å²) in [4.78, 5) is 28.4. The fourth-order valence-corrected chi connectivity index (χ4v) is 2.80. The summed E-state index contributed by atoms with van der Waals surface area (Å²) in [6, 6.07) is 8.91. The van der Waals surface area contributed by atoms with Crippen molar-refractivity contribution in [2.45, 2.75) is 32.6 Å². The SMILES string of the molecule is C=Cc1cc(C(=O)NCCCCCC(=O)Nc2ccccc2N)ncc1/C=C\C. The average molecular weight is 393 g/mol. The van der Waals surface area contributed by atoms with Crippen molar-refractivity contribution in [2.75, 3.05) is 17.6 Å². The number of allylic oxidation sites excluding steroid dienone is 1. The summed E-state index contributed by atoms with van der Waals surface area (Å²) < 4.78 is 0. The predicted octanol–water partition coefficient (Wildman–Crippen LogP) is 4.27. The fraction of sp³-hybridized carbons (Fsp3) is 0.261. The van der Waals surface area contributed by atoms with Gasteiger partial charge in [0, 0.05) is 19.2 Å². The Bertz CT molecular complexity index is 890. The van der Waals surface area contributed by atoms with Gasteiger partial charge < -0.3 is 16.4 Å². The van der Waals surface area contributed by atoms with Gasteiger partial charge in [0.1, 0.15) is 5.69 Å². The quantitative estimate of drug-likeness (QED) is 0.415. The molecule has 0 unspecified atom stereocenters. The number of carbonyl (C=O) groups excluding carboxylic acids is 2. The number of nitrogen functional groups attached to an aromatic ring is 1. The lowest BCUT2D eigenvalue weighted by molar-refractivity contribution is -0.116. The van der Waals surface area contributed by atoms with Crippen LogP contribution in [0, 0.1) is 0 Å². The molecule has 2 aromatic rings. The number of aromatic nitrogens is 1. The van der Waals surface area contributed by atoms with E-state index in [-0.39, 0.29) is 11.8 Å². The van der Waals surface area contributed by atoms with Crippen LogP contribution >= 0.6 is 0 Å². The highest BCUT2D eigenvalue weighted by molar-refractivity contribution is 5.94. The molecule has 0 bridgehead atoms. The summed E-state index contributed by atoms with van der Waals surface area (Å²) in [5.41, 5.74) is 9.16. The Balaban J connectivity index is 1.68. The summed E-state index contributed by atoms with van der Waals surface area (Å²) in [7, 11) is 0. The number of pyridine rings is 1. The maximum absolute atomic E-state index is 12.3. The molecule has 2 amide bonds. The van der Waals surface area contributed by atoms with E-state index >= 15 is 0 Å². The average Bonchev–Trinajstić information content (AvgIpc) is 2.72. The van der Waals surface area contributed by atoms with Gasteiger partial charge >= 0.3 is 0 Å². The summed E-state index contributed by atoms with van der Waals surface area (Å²) in [5, 5.41) is 5.68. The number of nitrogens with zero attached hydrogens (tertiary/aromatic N) is 1. The number of amides is 2. The molecule has 0 saturated carbocycles. The molecule has 4 N–H and O–H groups in total. The van der Waals surface area contributed by atoms with Crippen LogP contribution in [0.3, 0.4) is 0 Å². The van der Waals surface area contributed by atoms with E-state index in [1.165, 1.54) is 0 Å². The van der Waals surface area contributed by atoms with Crippen molar-refractivity contribution in [3.63, 3.8) is 0 Å². The zero-order valence-corrected chi connectivity index (χ0v) is 16.8. The molecule has 0 aliphatic rings. The third-order valence-corrected chi connectivity index (χ3v) is 4.37. The number of hydrogen-bond acceptors (Lipinski definition) is 4. The Morgan fingerprint density at radius 3 is 2.69 bits per heavy atom. The molecule has 0 aliphatic carbocycles. The van der Waals surface area contributed by atoms with Gasteiger partial charge in [-0.1, -0.05) is 43.4 Å². The van der Waals surface area contributed by atoms with Crippen LogP contribution in [0.25, 0.3) is 12.2 Å². The molecule has 6 nitrogen and oxygen atoms in total. The van der Waals surface area contributed by atoms with Crippen LogP contribution in [0.2, 0.25) is 0 Å². The molecule has 0 aliphatic heterocycles. The van der Waals surface area contributed by atoms with E-state index in [1.807, 2.05) is 31.2 Å². The van der Waals surface area contributed by atoms with Gasteiger partial charge in [-0.25, -0.2) is 0 Å². The highest BCUT2D eigenvalue weighted by Crippen LogP contribution is 2.17. The van der Waals surface area contributed by atoms with E-state index in [1.54, 1.807) is 30.5 Å². The molecular formula is C23H28N4O2. The monoisotopic (exact) mass is 392 g/mol. The molecule has 0 spiro atoms. The number of hydrogen-bond donors (Lipinski definition) is 3. The molecule has 29 heavy (non-hydrogen) atoms. The molecule has 0 radical (unpaired) electrons. The second-order valence-corrected chi connectivity index (χ2v) is 6.60. The van der Waals surface area contributed by atoms with Crippen molar-refractivity contribution >= 4 is 35.3 Å². The van der Waals surface area contributed by atoms with Crippen LogP contribution in [-0.4, -0.2) is 23.3 Å². The fourth-order valence-electron chi connectivity index (χ4n) is 2.80. The molecule has 2 rings (SSSR count). The lowest BCUT2D eigenvalue weighted by atomic mass is 10.1. The van der Waals surface area contributed by atoms with E-state index in [0.29, 0.717) is 30.0 Å². The number of para-hydroxylation sites is 2. The number of unbranched alkanes of at least 4 members (excludes halogenated alkanes) is 2. The number of rotatable bonds is 10. The number of carbonyl (C=O) groups is 2. The summed E-state index contributed by atoms with van der Waals surface area (Å²) in [6.45, 7) is 6.24. The first-order chi connectivity index (χ1) is 14.0. The molecule has 152 valence electrons. The lowest BCUT2D eigenvalue weighted by Crippen LogP contribution is -2.25. The Morgan fingerprint density at radius 1 is 1.17 bits per heavy atom. The van der Waals surface area contributed by atoms with E-state index in [4.69, 9.17) is 5.73 Å². The molecule has 6 heteroatoms. The maximum atomic E-state index is 12.3. The van der Waals surface area contributed by atoms with Gasteiger partial charge in [0.15, 0.2) is 0 Å². The highest BCUT2D eigenvalue weighted by Gasteiger charge is 2.09. The van der Waals surface area contributed by atoms with E-state index in [0.717, 1.165) is 30.4 Å².